The lowest BCUT2D eigenvalue weighted by Gasteiger charge is -2.28. The zero-order valence-electron chi connectivity index (χ0n) is 11.6. The molecule has 0 heterocycles. The quantitative estimate of drug-likeness (QED) is 0.671. The Balaban J connectivity index is 2.67. The first-order chi connectivity index (χ1) is 8.51. The van der Waals surface area contributed by atoms with E-state index in [4.69, 9.17) is 16.2 Å². The Kier molecular flexibility index (Phi) is 5.59. The summed E-state index contributed by atoms with van der Waals surface area (Å²) in [6.45, 7) is 6.44. The van der Waals surface area contributed by atoms with Gasteiger partial charge < -0.3 is 21.5 Å². The Hall–Kier alpha value is -1.10. The minimum Gasteiger partial charge on any atom is -0.496 e. The van der Waals surface area contributed by atoms with Crippen molar-refractivity contribution in [2.75, 3.05) is 26.7 Å². The van der Waals surface area contributed by atoms with Crippen molar-refractivity contribution in [3.8, 4) is 5.75 Å². The molecule has 0 radical (unpaired) electrons. The van der Waals surface area contributed by atoms with Gasteiger partial charge in [-0.2, -0.15) is 0 Å². The Labute approximate surface area is 110 Å². The highest BCUT2D eigenvalue weighted by Gasteiger charge is 2.23. The molecule has 0 bridgehead atoms. The second-order valence-electron chi connectivity index (χ2n) is 5.21. The fourth-order valence-electron chi connectivity index (χ4n) is 1.95. The third-order valence-electron chi connectivity index (χ3n) is 3.11. The predicted molar refractivity (Wildman–Crippen MR) is 75.9 cm³/mol. The smallest absolute Gasteiger partial charge is 0.122 e. The van der Waals surface area contributed by atoms with Gasteiger partial charge in [-0.05, 0) is 6.07 Å². The van der Waals surface area contributed by atoms with E-state index in [9.17, 15) is 0 Å². The molecule has 0 aromatic heterocycles. The molecule has 102 valence electrons. The molecular formula is C14H25N3O. The number of nitrogens with two attached hydrogens (primary N) is 2. The molecule has 0 aliphatic rings. The van der Waals surface area contributed by atoms with Crippen LogP contribution < -0.4 is 21.5 Å². The molecule has 1 aromatic carbocycles. The molecule has 0 saturated heterocycles. The van der Waals surface area contributed by atoms with E-state index >= 15 is 0 Å². The summed E-state index contributed by atoms with van der Waals surface area (Å²) in [5, 5.41) is 3.37. The molecule has 0 amide bonds. The second kappa shape index (κ2) is 6.73. The lowest BCUT2D eigenvalue weighted by molar-refractivity contribution is 0.384. The monoisotopic (exact) mass is 251 g/mol. The van der Waals surface area contributed by atoms with E-state index in [2.05, 4.69) is 25.2 Å². The van der Waals surface area contributed by atoms with Crippen LogP contribution in [0.15, 0.2) is 24.3 Å². The van der Waals surface area contributed by atoms with Crippen LogP contribution in [0.4, 0.5) is 0 Å². The summed E-state index contributed by atoms with van der Waals surface area (Å²) in [6.07, 6.45) is 0. The summed E-state index contributed by atoms with van der Waals surface area (Å²) < 4.78 is 5.41. The fourth-order valence-corrected chi connectivity index (χ4v) is 1.95. The predicted octanol–water partition coefficient (Wildman–Crippen LogP) is 0.848. The molecule has 4 nitrogen and oxygen atoms in total. The van der Waals surface area contributed by atoms with E-state index in [1.54, 1.807) is 7.11 Å². The minimum absolute atomic E-state index is 0.0125. The van der Waals surface area contributed by atoms with E-state index in [1.165, 1.54) is 5.56 Å². The van der Waals surface area contributed by atoms with E-state index in [-0.39, 0.29) is 11.5 Å². The molecule has 5 N–H and O–H groups in total. The Bertz CT molecular complexity index is 366. The molecule has 1 rings (SSSR count). The van der Waals surface area contributed by atoms with Gasteiger partial charge in [0.1, 0.15) is 5.75 Å². The van der Waals surface area contributed by atoms with Crippen LogP contribution in [0, 0.1) is 0 Å². The summed E-state index contributed by atoms with van der Waals surface area (Å²) in [4.78, 5) is 0. The molecule has 0 aliphatic carbocycles. The molecule has 0 spiro atoms. The number of rotatable bonds is 7. The van der Waals surface area contributed by atoms with Crippen LogP contribution in [0.25, 0.3) is 0 Å². The summed E-state index contributed by atoms with van der Waals surface area (Å²) >= 11 is 0. The average molecular weight is 251 g/mol. The first-order valence-corrected chi connectivity index (χ1v) is 6.31. The van der Waals surface area contributed by atoms with Gasteiger partial charge in [0.15, 0.2) is 0 Å². The normalized spacial score (nSPS) is 13.4. The first-order valence-electron chi connectivity index (χ1n) is 6.31. The summed E-state index contributed by atoms with van der Waals surface area (Å²) in [6, 6.07) is 8.12. The van der Waals surface area contributed by atoms with Crippen molar-refractivity contribution in [3.63, 3.8) is 0 Å². The molecule has 0 saturated carbocycles. The lowest BCUT2D eigenvalue weighted by atomic mass is 9.84. The largest absolute Gasteiger partial charge is 0.496 e. The number of hydrogen-bond acceptors (Lipinski definition) is 4. The number of nitrogens with one attached hydrogen (secondary N) is 1. The topological polar surface area (TPSA) is 73.3 Å². The van der Waals surface area contributed by atoms with Crippen molar-refractivity contribution in [3.05, 3.63) is 29.8 Å². The SMILES string of the molecule is COc1ccccc1C(C)(C)CNCC(N)CN. The van der Waals surface area contributed by atoms with Crippen molar-refractivity contribution in [1.82, 2.24) is 5.32 Å². The maximum atomic E-state index is 5.78. The minimum atomic E-state index is -0.0130. The highest BCUT2D eigenvalue weighted by atomic mass is 16.5. The van der Waals surface area contributed by atoms with Crippen LogP contribution in [-0.2, 0) is 5.41 Å². The number of hydrogen-bond donors (Lipinski definition) is 3. The van der Waals surface area contributed by atoms with E-state index in [0.717, 1.165) is 18.8 Å². The standard InChI is InChI=1S/C14H25N3O/c1-14(2,10-17-9-11(16)8-15)12-6-4-5-7-13(12)18-3/h4-7,11,17H,8-10,15-16H2,1-3H3. The number of methoxy groups -OCH3 is 1. The fraction of sp³-hybridized carbons (Fsp3) is 0.571. The van der Waals surface area contributed by atoms with Crippen LogP contribution >= 0.6 is 0 Å². The van der Waals surface area contributed by atoms with Gasteiger partial charge in [0, 0.05) is 36.7 Å². The summed E-state index contributed by atoms with van der Waals surface area (Å²) in [7, 11) is 1.70. The maximum absolute atomic E-state index is 5.78. The van der Waals surface area contributed by atoms with Gasteiger partial charge in [-0.15, -0.1) is 0 Å². The zero-order chi connectivity index (χ0) is 13.6. The van der Waals surface area contributed by atoms with Gasteiger partial charge >= 0.3 is 0 Å². The van der Waals surface area contributed by atoms with E-state index < -0.39 is 0 Å². The molecule has 4 heteroatoms. The van der Waals surface area contributed by atoms with Crippen molar-refractivity contribution in [2.45, 2.75) is 25.3 Å². The highest BCUT2D eigenvalue weighted by Crippen LogP contribution is 2.30. The molecule has 0 aliphatic heterocycles. The van der Waals surface area contributed by atoms with Gasteiger partial charge in [-0.1, -0.05) is 32.0 Å². The van der Waals surface area contributed by atoms with Gasteiger partial charge in [-0.3, -0.25) is 0 Å². The van der Waals surface area contributed by atoms with E-state index in [0.29, 0.717) is 6.54 Å². The van der Waals surface area contributed by atoms with Gasteiger partial charge in [0.05, 0.1) is 7.11 Å². The Morgan fingerprint density at radius 1 is 1.33 bits per heavy atom. The van der Waals surface area contributed by atoms with E-state index in [1.807, 2.05) is 18.2 Å². The zero-order valence-corrected chi connectivity index (χ0v) is 11.6. The number of para-hydroxylation sites is 1. The van der Waals surface area contributed by atoms with Crippen LogP contribution in [0.3, 0.4) is 0 Å². The number of ether oxygens (including phenoxy) is 1. The average Bonchev–Trinajstić information content (AvgIpc) is 2.38. The van der Waals surface area contributed by atoms with Crippen LogP contribution in [-0.4, -0.2) is 32.8 Å². The molecule has 18 heavy (non-hydrogen) atoms. The molecule has 1 atom stereocenters. The summed E-state index contributed by atoms with van der Waals surface area (Å²) in [5.41, 5.74) is 12.5. The van der Waals surface area contributed by atoms with Crippen molar-refractivity contribution >= 4 is 0 Å². The third kappa shape index (κ3) is 3.98. The Morgan fingerprint density at radius 3 is 2.61 bits per heavy atom. The molecule has 1 unspecified atom stereocenters. The first kappa shape index (κ1) is 15.0. The van der Waals surface area contributed by atoms with Crippen molar-refractivity contribution in [2.24, 2.45) is 11.5 Å². The van der Waals surface area contributed by atoms with Crippen molar-refractivity contribution in [1.29, 1.82) is 0 Å². The van der Waals surface area contributed by atoms with Crippen LogP contribution in [0.2, 0.25) is 0 Å². The Morgan fingerprint density at radius 2 is 2.00 bits per heavy atom. The maximum Gasteiger partial charge on any atom is 0.122 e. The second-order valence-corrected chi connectivity index (χ2v) is 5.21. The third-order valence-corrected chi connectivity index (χ3v) is 3.11. The van der Waals surface area contributed by atoms with Crippen molar-refractivity contribution < 1.29 is 4.74 Å². The van der Waals surface area contributed by atoms with Gasteiger partial charge in [0.2, 0.25) is 0 Å². The lowest BCUT2D eigenvalue weighted by Crippen LogP contribution is -2.43. The van der Waals surface area contributed by atoms with Crippen LogP contribution in [0.1, 0.15) is 19.4 Å². The highest BCUT2D eigenvalue weighted by molar-refractivity contribution is 5.39. The van der Waals surface area contributed by atoms with Gasteiger partial charge in [-0.25, -0.2) is 0 Å². The molecular weight excluding hydrogens is 226 g/mol. The summed E-state index contributed by atoms with van der Waals surface area (Å²) in [5.74, 6) is 0.924. The molecule has 1 aromatic rings. The number of benzene rings is 1. The van der Waals surface area contributed by atoms with Crippen LogP contribution in [0.5, 0.6) is 5.75 Å². The molecule has 0 fully saturated rings. The van der Waals surface area contributed by atoms with Gasteiger partial charge in [0.25, 0.3) is 0 Å².